The first-order valence-electron chi connectivity index (χ1n) is 12.6. The first-order valence-corrected chi connectivity index (χ1v) is 12.6. The van der Waals surface area contributed by atoms with Gasteiger partial charge in [-0.3, -0.25) is 4.79 Å². The van der Waals surface area contributed by atoms with Crippen LogP contribution in [0.5, 0.6) is 5.75 Å². The number of phenols is 1. The monoisotopic (exact) mass is 502 g/mol. The zero-order valence-corrected chi connectivity index (χ0v) is 22.3. The molecule has 36 heavy (non-hydrogen) atoms. The van der Waals surface area contributed by atoms with Crippen LogP contribution < -0.4 is 11.1 Å². The van der Waals surface area contributed by atoms with E-state index in [0.29, 0.717) is 36.9 Å². The lowest BCUT2D eigenvalue weighted by Crippen LogP contribution is -2.35. The molecule has 0 saturated carbocycles. The lowest BCUT2D eigenvalue weighted by atomic mass is 9.87. The average molecular weight is 503 g/mol. The second-order valence-electron chi connectivity index (χ2n) is 10.2. The maximum atomic E-state index is 12.7. The zero-order valence-electron chi connectivity index (χ0n) is 22.3. The van der Waals surface area contributed by atoms with Gasteiger partial charge >= 0.3 is 6.09 Å². The SMILES string of the molecule is COC1CC(C)Cc2cc(O)cc(c2)NC(=O)C(C)=CCCC(C)C(OC(N)=O)C(C)=CC(C)C1O. The Morgan fingerprint density at radius 1 is 1.17 bits per heavy atom. The largest absolute Gasteiger partial charge is 0.508 e. The van der Waals surface area contributed by atoms with Crippen molar-refractivity contribution in [2.75, 3.05) is 12.4 Å². The number of primary amides is 1. The normalized spacial score (nSPS) is 29.0. The van der Waals surface area contributed by atoms with Crippen LogP contribution in [0.15, 0.2) is 41.5 Å². The van der Waals surface area contributed by atoms with Crippen molar-refractivity contribution in [3.63, 3.8) is 0 Å². The molecule has 2 rings (SSSR count). The fraction of sp³-hybridized carbons (Fsp3) is 0.571. The molecule has 0 aliphatic carbocycles. The van der Waals surface area contributed by atoms with Crippen LogP contribution in [0, 0.1) is 17.8 Å². The lowest BCUT2D eigenvalue weighted by molar-refractivity contribution is -0.112. The second kappa shape index (κ2) is 13.5. The molecular formula is C28H42N2O6. The maximum absolute atomic E-state index is 12.7. The lowest BCUT2D eigenvalue weighted by Gasteiger charge is -2.29. The predicted molar refractivity (Wildman–Crippen MR) is 141 cm³/mol. The van der Waals surface area contributed by atoms with Gasteiger partial charge in [-0.05, 0) is 74.6 Å². The summed E-state index contributed by atoms with van der Waals surface area (Å²) in [7, 11) is 1.58. The Balaban J connectivity index is 2.43. The van der Waals surface area contributed by atoms with E-state index in [1.165, 1.54) is 6.07 Å². The summed E-state index contributed by atoms with van der Waals surface area (Å²) in [4.78, 5) is 24.3. The van der Waals surface area contributed by atoms with E-state index in [1.54, 1.807) is 20.1 Å². The summed E-state index contributed by atoms with van der Waals surface area (Å²) in [5, 5.41) is 24.2. The fourth-order valence-corrected chi connectivity index (χ4v) is 4.89. The summed E-state index contributed by atoms with van der Waals surface area (Å²) in [6.45, 7) is 9.54. The van der Waals surface area contributed by atoms with E-state index >= 15 is 0 Å². The van der Waals surface area contributed by atoms with Crippen molar-refractivity contribution in [3.8, 4) is 5.75 Å². The van der Waals surface area contributed by atoms with Gasteiger partial charge in [0, 0.05) is 30.4 Å². The summed E-state index contributed by atoms with van der Waals surface area (Å²) in [6, 6.07) is 5.06. The number of anilines is 1. The third-order valence-electron chi connectivity index (χ3n) is 6.84. The number of ether oxygens (including phenoxy) is 2. The van der Waals surface area contributed by atoms with Gasteiger partial charge in [-0.25, -0.2) is 4.79 Å². The predicted octanol–water partition coefficient (Wildman–Crippen LogP) is 4.70. The molecule has 2 bridgehead atoms. The molecule has 200 valence electrons. The number of amides is 2. The van der Waals surface area contributed by atoms with E-state index < -0.39 is 24.4 Å². The van der Waals surface area contributed by atoms with Crippen LogP contribution in [-0.2, 0) is 20.7 Å². The van der Waals surface area contributed by atoms with Crippen molar-refractivity contribution < 1.29 is 29.3 Å². The molecule has 1 aliphatic rings. The highest BCUT2D eigenvalue weighted by molar-refractivity contribution is 6.03. The summed E-state index contributed by atoms with van der Waals surface area (Å²) in [5.74, 6) is -0.371. The fourth-order valence-electron chi connectivity index (χ4n) is 4.89. The molecule has 8 heteroatoms. The molecule has 0 fully saturated rings. The van der Waals surface area contributed by atoms with Gasteiger partial charge in [-0.2, -0.15) is 0 Å². The Morgan fingerprint density at radius 2 is 1.86 bits per heavy atom. The van der Waals surface area contributed by atoms with E-state index in [4.69, 9.17) is 15.2 Å². The molecule has 6 unspecified atom stereocenters. The van der Waals surface area contributed by atoms with Crippen LogP contribution in [0.2, 0.25) is 0 Å². The minimum Gasteiger partial charge on any atom is -0.508 e. The van der Waals surface area contributed by atoms with E-state index in [9.17, 15) is 19.8 Å². The van der Waals surface area contributed by atoms with Gasteiger partial charge in [0.05, 0.1) is 12.2 Å². The van der Waals surface area contributed by atoms with Crippen molar-refractivity contribution >= 4 is 17.7 Å². The number of aliphatic hydroxyl groups is 1. The van der Waals surface area contributed by atoms with Crippen molar-refractivity contribution in [2.45, 2.75) is 78.6 Å². The smallest absolute Gasteiger partial charge is 0.405 e. The molecule has 1 aromatic carbocycles. The molecule has 0 radical (unpaired) electrons. The molecule has 6 atom stereocenters. The Morgan fingerprint density at radius 3 is 2.50 bits per heavy atom. The number of methoxy groups -OCH3 is 1. The Labute approximate surface area is 214 Å². The molecule has 8 nitrogen and oxygen atoms in total. The summed E-state index contributed by atoms with van der Waals surface area (Å²) >= 11 is 0. The third kappa shape index (κ3) is 8.68. The van der Waals surface area contributed by atoms with Gasteiger partial charge in [0.25, 0.3) is 5.91 Å². The molecule has 2 amide bonds. The number of rotatable bonds is 2. The molecule has 0 aromatic heterocycles. The van der Waals surface area contributed by atoms with Gasteiger partial charge < -0.3 is 30.7 Å². The van der Waals surface area contributed by atoms with Crippen LogP contribution in [0.1, 0.15) is 59.4 Å². The molecular weight excluding hydrogens is 460 g/mol. The minimum absolute atomic E-state index is 0.0702. The van der Waals surface area contributed by atoms with Crippen LogP contribution >= 0.6 is 0 Å². The number of nitrogens with one attached hydrogen (secondary N) is 1. The highest BCUT2D eigenvalue weighted by Gasteiger charge is 2.28. The molecule has 5 N–H and O–H groups in total. The Kier molecular flexibility index (Phi) is 11.0. The third-order valence-corrected chi connectivity index (χ3v) is 6.84. The van der Waals surface area contributed by atoms with Crippen LogP contribution in [0.3, 0.4) is 0 Å². The summed E-state index contributed by atoms with van der Waals surface area (Å²) in [6.07, 6.45) is 3.63. The standard InChI is InChI=1S/C28H42N2O6/c1-16-10-21-13-22(15-23(31)14-21)30-27(33)18(3)9-7-8-17(2)26(36-28(29)34)20(5)12-19(4)25(32)24(11-16)35-6/h9,12-17,19,24-26,31-32H,7-8,10-11H2,1-6H3,(H2,29,34)(H,30,33). The number of nitrogens with two attached hydrogens (primary N) is 1. The molecule has 1 aromatic rings. The number of carbonyl (C=O) groups is 2. The Hall–Kier alpha value is -2.84. The summed E-state index contributed by atoms with van der Waals surface area (Å²) in [5.41, 5.74) is 8.11. The van der Waals surface area contributed by atoms with Crippen molar-refractivity contribution in [2.24, 2.45) is 23.5 Å². The van der Waals surface area contributed by atoms with Gasteiger partial charge in [-0.15, -0.1) is 0 Å². The highest BCUT2D eigenvalue weighted by Crippen LogP contribution is 2.28. The number of hydrogen-bond donors (Lipinski definition) is 4. The van der Waals surface area contributed by atoms with Crippen molar-refractivity contribution in [1.29, 1.82) is 0 Å². The van der Waals surface area contributed by atoms with Crippen molar-refractivity contribution in [3.05, 3.63) is 47.1 Å². The number of carbonyl (C=O) groups excluding carboxylic acids is 2. The number of phenolic OH excluding ortho intramolecular Hbond substituents is 1. The van der Waals surface area contributed by atoms with Crippen molar-refractivity contribution in [1.82, 2.24) is 0 Å². The summed E-state index contributed by atoms with van der Waals surface area (Å²) < 4.78 is 11.1. The number of aromatic hydroxyl groups is 1. The molecule has 1 heterocycles. The number of benzene rings is 1. The number of allylic oxidation sites excluding steroid dienone is 1. The van der Waals surface area contributed by atoms with Gasteiger partial charge in [0.2, 0.25) is 0 Å². The van der Waals surface area contributed by atoms with Crippen LogP contribution in [0.4, 0.5) is 10.5 Å². The van der Waals surface area contributed by atoms with E-state index in [2.05, 4.69) is 12.2 Å². The van der Waals surface area contributed by atoms with E-state index in [-0.39, 0.29) is 29.4 Å². The van der Waals surface area contributed by atoms with Crippen LogP contribution in [0.25, 0.3) is 0 Å². The van der Waals surface area contributed by atoms with E-state index in [1.807, 2.05) is 39.0 Å². The molecule has 1 aliphatic heterocycles. The van der Waals surface area contributed by atoms with Gasteiger partial charge in [-0.1, -0.05) is 32.9 Å². The first kappa shape index (κ1) is 29.4. The first-order chi connectivity index (χ1) is 16.9. The molecule has 0 saturated heterocycles. The maximum Gasteiger partial charge on any atom is 0.405 e. The van der Waals surface area contributed by atoms with Gasteiger partial charge in [0.1, 0.15) is 11.9 Å². The van der Waals surface area contributed by atoms with Gasteiger partial charge in [0.15, 0.2) is 0 Å². The number of aliphatic hydroxyl groups excluding tert-OH is 1. The average Bonchev–Trinajstić information content (AvgIpc) is 2.78. The highest BCUT2D eigenvalue weighted by atomic mass is 16.6. The topological polar surface area (TPSA) is 131 Å². The number of fused-ring (bicyclic) bond motifs is 2. The second-order valence-corrected chi connectivity index (χ2v) is 10.2. The van der Waals surface area contributed by atoms with Crippen LogP contribution in [-0.4, -0.2) is 47.6 Å². The quantitative estimate of drug-likeness (QED) is 0.434. The number of hydrogen-bond acceptors (Lipinski definition) is 6. The van der Waals surface area contributed by atoms with E-state index in [0.717, 1.165) is 11.1 Å². The minimum atomic E-state index is -0.856. The Bertz CT molecular complexity index is 973. The zero-order chi connectivity index (χ0) is 27.0. The molecule has 0 spiro atoms.